The molecular weight excluding hydrogens is 216 g/mol. The summed E-state index contributed by atoms with van der Waals surface area (Å²) in [6.07, 6.45) is 1.56. The average Bonchev–Trinajstić information content (AvgIpc) is 2.45. The van der Waals surface area contributed by atoms with Gasteiger partial charge in [-0.05, 0) is 23.8 Å². The molecule has 0 unspecified atom stereocenters. The third kappa shape index (κ3) is 2.16. The number of nitrogens with one attached hydrogen (secondary N) is 2. The number of urea groups is 1. The summed E-state index contributed by atoms with van der Waals surface area (Å²) in [5, 5.41) is 5.08. The maximum atomic E-state index is 11.2. The zero-order valence-corrected chi connectivity index (χ0v) is 8.34. The molecule has 0 aromatic heterocycles. The van der Waals surface area contributed by atoms with Crippen LogP contribution in [0, 0.1) is 0 Å². The van der Waals surface area contributed by atoms with E-state index < -0.39 is 11.9 Å². The van der Waals surface area contributed by atoms with Crippen LogP contribution in [0.5, 0.6) is 0 Å². The molecule has 3 amide bonds. The number of imide groups is 1. The van der Waals surface area contributed by atoms with E-state index in [0.717, 1.165) is 5.56 Å². The fourth-order valence-corrected chi connectivity index (χ4v) is 1.44. The molecule has 1 saturated heterocycles. The minimum atomic E-state index is -0.506. The van der Waals surface area contributed by atoms with Crippen LogP contribution in [0.2, 0.25) is 5.02 Å². The smallest absolute Gasteiger partial charge is 0.303 e. The second-order valence-electron chi connectivity index (χ2n) is 3.02. The molecule has 0 radical (unpaired) electrons. The number of hydrogen-bond donors (Lipinski definition) is 2. The Morgan fingerprint density at radius 2 is 2.00 bits per heavy atom. The van der Waals surface area contributed by atoms with Crippen LogP contribution in [0.3, 0.4) is 0 Å². The van der Waals surface area contributed by atoms with Gasteiger partial charge in [-0.15, -0.1) is 0 Å². The molecule has 2 rings (SSSR count). The maximum Gasteiger partial charge on any atom is 0.326 e. The SMILES string of the molecule is O=C1NC(=O)/C(=C\c2cccc(Cl)c2)N1. The molecule has 0 atom stereocenters. The topological polar surface area (TPSA) is 58.2 Å². The number of carbonyl (C=O) groups is 2. The Labute approximate surface area is 90.9 Å². The van der Waals surface area contributed by atoms with Crippen LogP contribution in [-0.2, 0) is 4.79 Å². The Hall–Kier alpha value is -1.81. The summed E-state index contributed by atoms with van der Waals surface area (Å²) in [6.45, 7) is 0. The lowest BCUT2D eigenvalue weighted by Crippen LogP contribution is -2.22. The van der Waals surface area contributed by atoms with E-state index in [-0.39, 0.29) is 5.70 Å². The van der Waals surface area contributed by atoms with Gasteiger partial charge in [0.25, 0.3) is 5.91 Å². The van der Waals surface area contributed by atoms with Gasteiger partial charge in [-0.25, -0.2) is 4.79 Å². The Kier molecular flexibility index (Phi) is 2.43. The first-order valence-corrected chi connectivity index (χ1v) is 4.62. The summed E-state index contributed by atoms with van der Waals surface area (Å²) in [6, 6.07) is 6.48. The lowest BCUT2D eigenvalue weighted by atomic mass is 10.2. The molecule has 0 saturated carbocycles. The zero-order chi connectivity index (χ0) is 10.8. The molecule has 4 nitrogen and oxygen atoms in total. The molecule has 0 bridgehead atoms. The van der Waals surface area contributed by atoms with E-state index in [1.807, 2.05) is 0 Å². The van der Waals surface area contributed by atoms with Crippen LogP contribution in [0.1, 0.15) is 5.56 Å². The third-order valence-corrected chi connectivity index (χ3v) is 2.11. The van der Waals surface area contributed by atoms with Gasteiger partial charge in [0.2, 0.25) is 0 Å². The van der Waals surface area contributed by atoms with Gasteiger partial charge < -0.3 is 5.32 Å². The Morgan fingerprint density at radius 3 is 2.60 bits per heavy atom. The fourth-order valence-electron chi connectivity index (χ4n) is 1.25. The van der Waals surface area contributed by atoms with Crippen LogP contribution >= 0.6 is 11.6 Å². The van der Waals surface area contributed by atoms with Gasteiger partial charge in [-0.2, -0.15) is 0 Å². The average molecular weight is 223 g/mol. The minimum absolute atomic E-state index is 0.224. The largest absolute Gasteiger partial charge is 0.326 e. The first kappa shape index (κ1) is 9.73. The van der Waals surface area contributed by atoms with Gasteiger partial charge in [0.1, 0.15) is 5.70 Å². The first-order valence-electron chi connectivity index (χ1n) is 4.25. The van der Waals surface area contributed by atoms with Crippen molar-refractivity contribution < 1.29 is 9.59 Å². The lowest BCUT2D eigenvalue weighted by molar-refractivity contribution is -0.115. The summed E-state index contributed by atoms with van der Waals surface area (Å²) in [5.41, 5.74) is 0.983. The molecular formula is C10H7ClN2O2. The molecule has 0 aliphatic carbocycles. The number of benzene rings is 1. The number of rotatable bonds is 1. The van der Waals surface area contributed by atoms with Gasteiger partial charge in [0.15, 0.2) is 0 Å². The van der Waals surface area contributed by atoms with Crippen molar-refractivity contribution in [3.63, 3.8) is 0 Å². The van der Waals surface area contributed by atoms with E-state index in [1.54, 1.807) is 30.3 Å². The van der Waals surface area contributed by atoms with Gasteiger partial charge in [-0.3, -0.25) is 10.1 Å². The molecule has 1 aromatic rings. The summed E-state index contributed by atoms with van der Waals surface area (Å²) >= 11 is 5.78. The Bertz CT molecular complexity index is 468. The molecule has 5 heteroatoms. The van der Waals surface area contributed by atoms with Crippen LogP contribution in [0.15, 0.2) is 30.0 Å². The van der Waals surface area contributed by atoms with Crippen molar-refractivity contribution in [3.8, 4) is 0 Å². The Morgan fingerprint density at radius 1 is 1.20 bits per heavy atom. The second kappa shape index (κ2) is 3.74. The van der Waals surface area contributed by atoms with Gasteiger partial charge in [-0.1, -0.05) is 23.7 Å². The maximum absolute atomic E-state index is 11.2. The van der Waals surface area contributed by atoms with Crippen molar-refractivity contribution in [3.05, 3.63) is 40.5 Å². The highest BCUT2D eigenvalue weighted by Gasteiger charge is 2.22. The summed E-state index contributed by atoms with van der Waals surface area (Å²) in [4.78, 5) is 22.0. The van der Waals surface area contributed by atoms with Crippen molar-refractivity contribution in [1.29, 1.82) is 0 Å². The van der Waals surface area contributed by atoms with Gasteiger partial charge in [0.05, 0.1) is 0 Å². The lowest BCUT2D eigenvalue weighted by Gasteiger charge is -1.96. The van der Waals surface area contributed by atoms with E-state index in [1.165, 1.54) is 0 Å². The number of amides is 3. The highest BCUT2D eigenvalue weighted by atomic mass is 35.5. The molecule has 76 valence electrons. The van der Waals surface area contributed by atoms with Crippen molar-refractivity contribution in [2.45, 2.75) is 0 Å². The molecule has 1 aliphatic rings. The molecule has 1 fully saturated rings. The fraction of sp³-hybridized carbons (Fsp3) is 0. The zero-order valence-electron chi connectivity index (χ0n) is 7.58. The van der Waals surface area contributed by atoms with Crippen molar-refractivity contribution in [2.24, 2.45) is 0 Å². The molecule has 0 spiro atoms. The summed E-state index contributed by atoms with van der Waals surface area (Å²) in [7, 11) is 0. The second-order valence-corrected chi connectivity index (χ2v) is 3.46. The van der Waals surface area contributed by atoms with Gasteiger partial charge >= 0.3 is 6.03 Å². The van der Waals surface area contributed by atoms with E-state index in [4.69, 9.17) is 11.6 Å². The molecule has 1 aliphatic heterocycles. The van der Waals surface area contributed by atoms with Gasteiger partial charge in [0, 0.05) is 5.02 Å². The highest BCUT2D eigenvalue weighted by molar-refractivity contribution is 6.30. The predicted octanol–water partition coefficient (Wildman–Crippen LogP) is 1.52. The van der Waals surface area contributed by atoms with E-state index in [9.17, 15) is 9.59 Å². The van der Waals surface area contributed by atoms with Crippen LogP contribution in [0.4, 0.5) is 4.79 Å². The Balaban J connectivity index is 2.31. The van der Waals surface area contributed by atoms with Crippen molar-refractivity contribution >= 4 is 29.6 Å². The van der Waals surface area contributed by atoms with E-state index in [0.29, 0.717) is 5.02 Å². The predicted molar refractivity (Wildman–Crippen MR) is 56.1 cm³/mol. The molecule has 15 heavy (non-hydrogen) atoms. The normalized spacial score (nSPS) is 17.8. The van der Waals surface area contributed by atoms with E-state index in [2.05, 4.69) is 10.6 Å². The molecule has 1 aromatic carbocycles. The highest BCUT2D eigenvalue weighted by Crippen LogP contribution is 2.13. The number of carbonyl (C=O) groups excluding carboxylic acids is 2. The number of halogens is 1. The van der Waals surface area contributed by atoms with Crippen molar-refractivity contribution in [2.75, 3.05) is 0 Å². The third-order valence-electron chi connectivity index (χ3n) is 1.88. The van der Waals surface area contributed by atoms with Crippen LogP contribution < -0.4 is 10.6 Å². The number of hydrogen-bond acceptors (Lipinski definition) is 2. The van der Waals surface area contributed by atoms with Crippen LogP contribution in [-0.4, -0.2) is 11.9 Å². The van der Waals surface area contributed by atoms with Crippen molar-refractivity contribution in [1.82, 2.24) is 10.6 Å². The quantitative estimate of drug-likeness (QED) is 0.559. The summed E-state index contributed by atoms with van der Waals surface area (Å²) < 4.78 is 0. The monoisotopic (exact) mass is 222 g/mol. The first-order chi connectivity index (χ1) is 7.15. The molecule has 1 heterocycles. The van der Waals surface area contributed by atoms with E-state index >= 15 is 0 Å². The summed E-state index contributed by atoms with van der Waals surface area (Å²) in [5.74, 6) is -0.431. The molecule has 2 N–H and O–H groups in total. The standard InChI is InChI=1S/C10H7ClN2O2/c11-7-3-1-2-6(4-7)5-8-9(14)13-10(15)12-8/h1-5H,(H2,12,13,14,15)/b8-5+. The van der Waals surface area contributed by atoms with Crippen LogP contribution in [0.25, 0.3) is 6.08 Å². The minimum Gasteiger partial charge on any atom is -0.303 e.